The van der Waals surface area contributed by atoms with Crippen LogP contribution in [0.25, 0.3) is 0 Å². The Hall–Kier alpha value is -1.94. The van der Waals surface area contributed by atoms with E-state index in [0.717, 1.165) is 13.2 Å². The average Bonchev–Trinajstić information content (AvgIpc) is 2.97. The Morgan fingerprint density at radius 2 is 1.74 bits per heavy atom. The van der Waals surface area contributed by atoms with E-state index in [9.17, 15) is 18.0 Å². The molecular weight excluding hydrogens is 326 g/mol. The Morgan fingerprint density at radius 3 is 2.13 bits per heavy atom. The van der Waals surface area contributed by atoms with Crippen LogP contribution in [0, 0.1) is 0 Å². The van der Waals surface area contributed by atoms with Gasteiger partial charge in [0.1, 0.15) is 4.90 Å². The molecule has 23 heavy (non-hydrogen) atoms. The number of likely N-dealkylation sites (N-methyl/N-ethyl adjacent to an activating group) is 1. The lowest BCUT2D eigenvalue weighted by Gasteiger charge is -2.23. The summed E-state index contributed by atoms with van der Waals surface area (Å²) in [5.74, 6) is -1.97. The average molecular weight is 347 g/mol. The van der Waals surface area contributed by atoms with Crippen LogP contribution >= 0.6 is 0 Å². The Labute approximate surface area is 135 Å². The number of aryl methyl sites for hydroxylation is 1. The summed E-state index contributed by atoms with van der Waals surface area (Å²) in [6, 6.07) is -1.70. The zero-order chi connectivity index (χ0) is 17.6. The van der Waals surface area contributed by atoms with Gasteiger partial charge in [-0.25, -0.2) is 18.0 Å². The molecule has 0 N–H and O–H groups in total. The molecule has 0 amide bonds. The largest absolute Gasteiger partial charge is 0.464 e. The first kappa shape index (κ1) is 19.1. The summed E-state index contributed by atoms with van der Waals surface area (Å²) in [5, 5.41) is 3.88. The molecule has 1 rings (SSSR count). The maximum Gasteiger partial charge on any atom is 0.336 e. The van der Waals surface area contributed by atoms with E-state index >= 15 is 0 Å². The van der Waals surface area contributed by atoms with Gasteiger partial charge in [-0.3, -0.25) is 4.68 Å². The summed E-state index contributed by atoms with van der Waals surface area (Å²) in [6.45, 7) is 5.41. The lowest BCUT2D eigenvalue weighted by Crippen LogP contribution is -2.49. The molecule has 0 saturated carbocycles. The Balaban J connectivity index is 3.18. The number of ether oxygens (including phenoxy) is 2. The number of carbonyl (C=O) groups excluding carboxylic acids is 2. The molecule has 10 heteroatoms. The number of hydrogen-bond donors (Lipinski definition) is 0. The minimum absolute atomic E-state index is 0.0103. The van der Waals surface area contributed by atoms with Crippen LogP contribution in [0.1, 0.15) is 20.8 Å². The van der Waals surface area contributed by atoms with Gasteiger partial charge in [0.05, 0.1) is 19.4 Å². The molecule has 0 radical (unpaired) electrons. The SMILES string of the molecule is CCOC(=O)C(C(=O)OCC)N(C)S(=O)(=O)c1cnn(CC)c1. The second kappa shape index (κ2) is 8.06. The minimum atomic E-state index is -4.11. The molecule has 0 fully saturated rings. The number of aromatic nitrogens is 2. The summed E-state index contributed by atoms with van der Waals surface area (Å²) in [5.41, 5.74) is 0. The van der Waals surface area contributed by atoms with E-state index in [1.807, 2.05) is 0 Å². The Kier molecular flexibility index (Phi) is 6.70. The van der Waals surface area contributed by atoms with Gasteiger partial charge in [-0.05, 0) is 20.8 Å². The quantitative estimate of drug-likeness (QED) is 0.482. The van der Waals surface area contributed by atoms with Crippen LogP contribution in [0.2, 0.25) is 0 Å². The van der Waals surface area contributed by atoms with Crippen molar-refractivity contribution in [3.8, 4) is 0 Å². The number of esters is 2. The van der Waals surface area contributed by atoms with E-state index in [0.29, 0.717) is 10.8 Å². The third kappa shape index (κ3) is 4.29. The van der Waals surface area contributed by atoms with Gasteiger partial charge in [0, 0.05) is 19.8 Å². The highest BCUT2D eigenvalue weighted by molar-refractivity contribution is 7.89. The Morgan fingerprint density at radius 1 is 1.22 bits per heavy atom. The van der Waals surface area contributed by atoms with Gasteiger partial charge >= 0.3 is 11.9 Å². The first-order valence-electron chi connectivity index (χ1n) is 7.13. The lowest BCUT2D eigenvalue weighted by atomic mass is 10.3. The van der Waals surface area contributed by atoms with Crippen molar-refractivity contribution in [2.75, 3.05) is 20.3 Å². The number of hydrogen-bond acceptors (Lipinski definition) is 7. The minimum Gasteiger partial charge on any atom is -0.464 e. The van der Waals surface area contributed by atoms with Crippen molar-refractivity contribution in [3.63, 3.8) is 0 Å². The first-order valence-corrected chi connectivity index (χ1v) is 8.57. The van der Waals surface area contributed by atoms with E-state index in [-0.39, 0.29) is 18.1 Å². The van der Waals surface area contributed by atoms with Crippen molar-refractivity contribution in [1.29, 1.82) is 0 Å². The van der Waals surface area contributed by atoms with Gasteiger partial charge in [-0.2, -0.15) is 9.40 Å². The van der Waals surface area contributed by atoms with Crippen LogP contribution in [0.3, 0.4) is 0 Å². The van der Waals surface area contributed by atoms with Crippen molar-refractivity contribution in [2.24, 2.45) is 0 Å². The van der Waals surface area contributed by atoms with Crippen molar-refractivity contribution < 1.29 is 27.5 Å². The van der Waals surface area contributed by atoms with E-state index in [1.165, 1.54) is 10.9 Å². The molecule has 0 saturated heterocycles. The van der Waals surface area contributed by atoms with E-state index < -0.39 is 28.0 Å². The molecule has 130 valence electrons. The summed E-state index contributed by atoms with van der Waals surface area (Å²) in [6.07, 6.45) is 2.47. The third-order valence-electron chi connectivity index (χ3n) is 2.99. The molecule has 0 aliphatic rings. The van der Waals surface area contributed by atoms with Gasteiger partial charge in [-0.1, -0.05) is 0 Å². The maximum absolute atomic E-state index is 12.6. The van der Waals surface area contributed by atoms with Crippen LogP contribution in [0.5, 0.6) is 0 Å². The molecule has 0 atom stereocenters. The van der Waals surface area contributed by atoms with Gasteiger partial charge in [0.2, 0.25) is 16.1 Å². The summed E-state index contributed by atoms with van der Waals surface area (Å²) in [7, 11) is -2.98. The van der Waals surface area contributed by atoms with Crippen LogP contribution in [-0.2, 0) is 35.6 Å². The van der Waals surface area contributed by atoms with Crippen LogP contribution in [0.15, 0.2) is 17.3 Å². The maximum atomic E-state index is 12.6. The molecule has 0 aromatic carbocycles. The fourth-order valence-electron chi connectivity index (χ4n) is 1.79. The standard InChI is InChI=1S/C13H21N3O6S/c1-5-16-9-10(8-14-16)23(19,20)15(4)11(12(17)21-6-2)13(18)22-7-3/h8-9,11H,5-7H2,1-4H3. The second-order valence-corrected chi connectivity index (χ2v) is 6.46. The molecule has 0 aliphatic carbocycles. The molecule has 0 spiro atoms. The summed E-state index contributed by atoms with van der Waals surface area (Å²) < 4.78 is 36.8. The van der Waals surface area contributed by atoms with E-state index in [2.05, 4.69) is 5.10 Å². The number of carbonyl (C=O) groups is 2. The molecule has 0 aliphatic heterocycles. The van der Waals surface area contributed by atoms with Gasteiger partial charge < -0.3 is 9.47 Å². The van der Waals surface area contributed by atoms with Gasteiger partial charge in [0.15, 0.2) is 0 Å². The lowest BCUT2D eigenvalue weighted by molar-refractivity contribution is -0.160. The first-order chi connectivity index (χ1) is 10.8. The highest BCUT2D eigenvalue weighted by atomic mass is 32.2. The molecule has 0 unspecified atom stereocenters. The highest BCUT2D eigenvalue weighted by Crippen LogP contribution is 2.17. The molecule has 1 aromatic heterocycles. The van der Waals surface area contributed by atoms with Gasteiger partial charge in [-0.15, -0.1) is 0 Å². The summed E-state index contributed by atoms with van der Waals surface area (Å²) >= 11 is 0. The zero-order valence-corrected chi connectivity index (χ0v) is 14.4. The van der Waals surface area contributed by atoms with Crippen LogP contribution in [0.4, 0.5) is 0 Å². The fourth-order valence-corrected chi connectivity index (χ4v) is 3.01. The van der Waals surface area contributed by atoms with Crippen molar-refractivity contribution >= 4 is 22.0 Å². The number of sulfonamides is 1. The van der Waals surface area contributed by atoms with Gasteiger partial charge in [0.25, 0.3) is 0 Å². The zero-order valence-electron chi connectivity index (χ0n) is 13.6. The predicted octanol–water partition coefficient (Wildman–Crippen LogP) is 0.0183. The molecule has 9 nitrogen and oxygen atoms in total. The number of nitrogens with zero attached hydrogens (tertiary/aromatic N) is 3. The second-order valence-electron chi connectivity index (χ2n) is 4.46. The van der Waals surface area contributed by atoms with E-state index in [1.54, 1.807) is 20.8 Å². The number of rotatable bonds is 8. The van der Waals surface area contributed by atoms with E-state index in [4.69, 9.17) is 9.47 Å². The normalized spacial score (nSPS) is 11.7. The van der Waals surface area contributed by atoms with Crippen LogP contribution < -0.4 is 0 Å². The Bertz CT molecular complexity index is 636. The molecule has 0 bridgehead atoms. The third-order valence-corrected chi connectivity index (χ3v) is 4.77. The monoisotopic (exact) mass is 347 g/mol. The molecule has 1 aromatic rings. The molecule has 1 heterocycles. The van der Waals surface area contributed by atoms with Crippen molar-refractivity contribution in [3.05, 3.63) is 12.4 Å². The van der Waals surface area contributed by atoms with Crippen molar-refractivity contribution in [1.82, 2.24) is 14.1 Å². The smallest absolute Gasteiger partial charge is 0.336 e. The summed E-state index contributed by atoms with van der Waals surface area (Å²) in [4.78, 5) is 23.9. The highest BCUT2D eigenvalue weighted by Gasteiger charge is 2.41. The fraction of sp³-hybridized carbons (Fsp3) is 0.615. The van der Waals surface area contributed by atoms with Crippen molar-refractivity contribution in [2.45, 2.75) is 38.3 Å². The predicted molar refractivity (Wildman–Crippen MR) is 79.9 cm³/mol. The molecular formula is C13H21N3O6S. The van der Waals surface area contributed by atoms with Crippen LogP contribution in [-0.4, -0.2) is 60.7 Å². The topological polar surface area (TPSA) is 108 Å².